The number of carbonyl (C=O) groups excluding carboxylic acids is 1. The Hall–Kier alpha value is -2.38. The summed E-state index contributed by atoms with van der Waals surface area (Å²) in [6.07, 6.45) is -4.59. The van der Waals surface area contributed by atoms with Crippen LogP contribution in [0.1, 0.15) is 28.5 Å². The van der Waals surface area contributed by atoms with Gasteiger partial charge in [0.1, 0.15) is 11.4 Å². The molecule has 1 heterocycles. The van der Waals surface area contributed by atoms with Crippen LogP contribution in [0.3, 0.4) is 0 Å². The van der Waals surface area contributed by atoms with E-state index in [0.717, 1.165) is 6.07 Å². The first kappa shape index (κ1) is 21.3. The lowest BCUT2D eigenvalue weighted by molar-refractivity contribution is -0.137. The molecule has 4 nitrogen and oxygen atoms in total. The summed E-state index contributed by atoms with van der Waals surface area (Å²) >= 11 is 11.9. The predicted molar refractivity (Wildman–Crippen MR) is 105 cm³/mol. The number of carbonyl (C=O) groups is 1. The molecule has 0 bridgehead atoms. The van der Waals surface area contributed by atoms with Gasteiger partial charge >= 0.3 is 12.1 Å². The zero-order valence-electron chi connectivity index (χ0n) is 15.4. The fraction of sp³-hybridized carbons (Fsp3) is 0.250. The minimum absolute atomic E-state index is 0.0133. The van der Waals surface area contributed by atoms with Crippen molar-refractivity contribution in [1.29, 1.82) is 0 Å². The molecule has 0 atom stereocenters. The second kappa shape index (κ2) is 8.16. The van der Waals surface area contributed by atoms with Crippen molar-refractivity contribution < 1.29 is 27.4 Å². The predicted octanol–water partition coefficient (Wildman–Crippen LogP) is 6.20. The highest BCUT2D eigenvalue weighted by Gasteiger charge is 2.33. The lowest BCUT2D eigenvalue weighted by Crippen LogP contribution is -2.13. The minimum atomic E-state index is -4.59. The number of aromatic nitrogens is 1. The Bertz CT molecular complexity index is 1080. The molecule has 0 aliphatic rings. The zero-order chi connectivity index (χ0) is 21.3. The summed E-state index contributed by atoms with van der Waals surface area (Å²) in [5, 5.41) is 0.554. The first-order valence-electron chi connectivity index (χ1n) is 8.55. The van der Waals surface area contributed by atoms with Gasteiger partial charge in [-0.15, -0.1) is 0 Å². The summed E-state index contributed by atoms with van der Waals surface area (Å²) in [4.78, 5) is 12.4. The van der Waals surface area contributed by atoms with E-state index in [2.05, 4.69) is 0 Å². The van der Waals surface area contributed by atoms with E-state index in [1.807, 2.05) is 0 Å². The number of benzene rings is 2. The van der Waals surface area contributed by atoms with Gasteiger partial charge in [-0.1, -0.05) is 29.3 Å². The summed E-state index contributed by atoms with van der Waals surface area (Å²) in [6.45, 7) is 1.81. The van der Waals surface area contributed by atoms with Crippen LogP contribution in [0, 0.1) is 0 Å². The number of ether oxygens (including phenoxy) is 2. The molecule has 0 spiro atoms. The molecule has 9 heteroatoms. The summed E-state index contributed by atoms with van der Waals surface area (Å²) in [5.74, 6) is -0.179. The Labute approximate surface area is 174 Å². The molecule has 0 amide bonds. The molecule has 2 aromatic carbocycles. The van der Waals surface area contributed by atoms with Crippen LogP contribution in [-0.2, 0) is 17.5 Å². The van der Waals surface area contributed by atoms with E-state index >= 15 is 0 Å². The summed E-state index contributed by atoms with van der Waals surface area (Å²) in [6, 6.07) is 8.47. The smallest absolute Gasteiger partial charge is 0.417 e. The van der Waals surface area contributed by atoms with Gasteiger partial charge in [-0.3, -0.25) is 0 Å². The van der Waals surface area contributed by atoms with Crippen molar-refractivity contribution in [1.82, 2.24) is 4.57 Å². The van der Waals surface area contributed by atoms with Gasteiger partial charge in [-0.05, 0) is 42.8 Å². The van der Waals surface area contributed by atoms with Crippen molar-refractivity contribution in [3.63, 3.8) is 0 Å². The van der Waals surface area contributed by atoms with Gasteiger partial charge < -0.3 is 14.0 Å². The Morgan fingerprint density at radius 2 is 1.83 bits per heavy atom. The highest BCUT2D eigenvalue weighted by atomic mass is 35.5. The van der Waals surface area contributed by atoms with Crippen molar-refractivity contribution in [3.05, 3.63) is 63.3 Å². The standard InChI is InChI=1S/C20H16Cl2F3NO3/c1-3-29-19(27)17-7-12-8-18(28-2)15(22)9-16(12)26(17)10-11-4-5-14(21)13(6-11)20(23,24)25/h4-9H,3,10H2,1-2H3. The molecule has 3 aromatic rings. The van der Waals surface area contributed by atoms with Crippen LogP contribution in [0.2, 0.25) is 10.0 Å². The number of rotatable bonds is 5. The first-order valence-corrected chi connectivity index (χ1v) is 9.30. The molecule has 3 rings (SSSR count). The van der Waals surface area contributed by atoms with Crippen molar-refractivity contribution in [2.24, 2.45) is 0 Å². The lowest BCUT2D eigenvalue weighted by Gasteiger charge is -2.14. The molecule has 0 saturated carbocycles. The van der Waals surface area contributed by atoms with Gasteiger partial charge in [-0.2, -0.15) is 13.2 Å². The molecule has 0 radical (unpaired) electrons. The maximum absolute atomic E-state index is 13.2. The molecule has 0 unspecified atom stereocenters. The highest BCUT2D eigenvalue weighted by Crippen LogP contribution is 2.36. The Kier molecular flexibility index (Phi) is 6.00. The van der Waals surface area contributed by atoms with Crippen LogP contribution in [0.15, 0.2) is 36.4 Å². The van der Waals surface area contributed by atoms with Gasteiger partial charge in [0.05, 0.1) is 34.8 Å². The molecular weight excluding hydrogens is 430 g/mol. The largest absolute Gasteiger partial charge is 0.495 e. The Morgan fingerprint density at radius 1 is 1.10 bits per heavy atom. The van der Waals surface area contributed by atoms with Crippen LogP contribution in [0.5, 0.6) is 5.75 Å². The molecule has 154 valence electrons. The molecule has 0 N–H and O–H groups in total. The fourth-order valence-electron chi connectivity index (χ4n) is 3.03. The van der Waals surface area contributed by atoms with Crippen LogP contribution < -0.4 is 4.74 Å². The monoisotopic (exact) mass is 445 g/mol. The van der Waals surface area contributed by atoms with Gasteiger partial charge in [-0.25, -0.2) is 4.79 Å². The molecule has 0 aliphatic heterocycles. The quantitative estimate of drug-likeness (QED) is 0.438. The summed E-state index contributed by atoms with van der Waals surface area (Å²) in [7, 11) is 1.46. The number of halogens is 5. The third-order valence-corrected chi connectivity index (χ3v) is 4.96. The third kappa shape index (κ3) is 4.31. The van der Waals surface area contributed by atoms with Crippen molar-refractivity contribution >= 4 is 40.1 Å². The summed E-state index contributed by atoms with van der Waals surface area (Å²) in [5.41, 5.74) is 0.124. The van der Waals surface area contributed by atoms with Crippen LogP contribution in [-0.4, -0.2) is 24.3 Å². The number of fused-ring (bicyclic) bond motifs is 1. The van der Waals surface area contributed by atoms with Crippen LogP contribution in [0.4, 0.5) is 13.2 Å². The number of hydrogen-bond donors (Lipinski definition) is 0. The maximum atomic E-state index is 13.2. The zero-order valence-corrected chi connectivity index (χ0v) is 17.0. The number of nitrogens with zero attached hydrogens (tertiary/aromatic N) is 1. The van der Waals surface area contributed by atoms with Crippen molar-refractivity contribution in [2.75, 3.05) is 13.7 Å². The van der Waals surface area contributed by atoms with Gasteiger partial charge in [0, 0.05) is 11.9 Å². The van der Waals surface area contributed by atoms with E-state index in [4.69, 9.17) is 32.7 Å². The van der Waals surface area contributed by atoms with E-state index < -0.39 is 22.7 Å². The number of hydrogen-bond acceptors (Lipinski definition) is 3. The first-order chi connectivity index (χ1) is 13.7. The normalized spacial score (nSPS) is 11.7. The second-order valence-corrected chi connectivity index (χ2v) is 7.01. The van der Waals surface area contributed by atoms with Crippen LogP contribution in [0.25, 0.3) is 10.9 Å². The average Bonchev–Trinajstić information content (AvgIpc) is 2.99. The van der Waals surface area contributed by atoms with E-state index in [1.54, 1.807) is 29.7 Å². The van der Waals surface area contributed by atoms with E-state index in [1.165, 1.54) is 19.2 Å². The molecule has 29 heavy (non-hydrogen) atoms. The Morgan fingerprint density at radius 3 is 2.45 bits per heavy atom. The van der Waals surface area contributed by atoms with E-state index in [-0.39, 0.29) is 18.8 Å². The minimum Gasteiger partial charge on any atom is -0.495 e. The fourth-order valence-corrected chi connectivity index (χ4v) is 3.49. The van der Waals surface area contributed by atoms with Gasteiger partial charge in [0.2, 0.25) is 0 Å². The highest BCUT2D eigenvalue weighted by molar-refractivity contribution is 6.33. The topological polar surface area (TPSA) is 40.5 Å². The molecule has 0 aliphatic carbocycles. The molecular formula is C20H16Cl2F3NO3. The van der Waals surface area contributed by atoms with Crippen molar-refractivity contribution in [2.45, 2.75) is 19.6 Å². The van der Waals surface area contributed by atoms with E-state index in [0.29, 0.717) is 27.2 Å². The maximum Gasteiger partial charge on any atom is 0.417 e. The molecule has 0 saturated heterocycles. The Balaban J connectivity index is 2.16. The van der Waals surface area contributed by atoms with Gasteiger partial charge in [0.15, 0.2) is 0 Å². The molecule has 1 aromatic heterocycles. The SMILES string of the molecule is CCOC(=O)c1cc2cc(OC)c(Cl)cc2n1Cc1ccc(Cl)c(C(F)(F)F)c1. The van der Waals surface area contributed by atoms with E-state index in [9.17, 15) is 18.0 Å². The van der Waals surface area contributed by atoms with Gasteiger partial charge in [0.25, 0.3) is 0 Å². The molecule has 0 fully saturated rings. The number of esters is 1. The third-order valence-electron chi connectivity index (χ3n) is 4.34. The number of alkyl halides is 3. The van der Waals surface area contributed by atoms with Crippen molar-refractivity contribution in [3.8, 4) is 5.75 Å². The number of methoxy groups -OCH3 is 1. The lowest BCUT2D eigenvalue weighted by atomic mass is 10.1. The summed E-state index contributed by atoms with van der Waals surface area (Å²) < 4.78 is 51.5. The second-order valence-electron chi connectivity index (χ2n) is 6.19. The average molecular weight is 446 g/mol. The van der Waals surface area contributed by atoms with Crippen LogP contribution >= 0.6 is 23.2 Å².